The van der Waals surface area contributed by atoms with Gasteiger partial charge in [-0.15, -0.1) is 0 Å². The third-order valence-electron chi connectivity index (χ3n) is 4.57. The number of piperazine rings is 1. The van der Waals surface area contributed by atoms with Crippen molar-refractivity contribution < 1.29 is 9.53 Å². The van der Waals surface area contributed by atoms with E-state index in [2.05, 4.69) is 10.00 Å². The fourth-order valence-corrected chi connectivity index (χ4v) is 3.24. The van der Waals surface area contributed by atoms with E-state index in [1.807, 2.05) is 35.9 Å². The molecule has 1 aromatic rings. The topological polar surface area (TPSA) is 50.6 Å². The maximum Gasteiger partial charge on any atom is 0.228 e. The summed E-state index contributed by atoms with van der Waals surface area (Å²) in [6, 6.07) is 0. The predicted molar refractivity (Wildman–Crippen MR) is 80.1 cm³/mol. The second-order valence-corrected chi connectivity index (χ2v) is 6.01. The molecule has 0 aromatic carbocycles. The van der Waals surface area contributed by atoms with E-state index in [0.29, 0.717) is 0 Å². The Morgan fingerprint density at radius 2 is 2.10 bits per heavy atom. The molecule has 0 radical (unpaired) electrons. The van der Waals surface area contributed by atoms with Crippen LogP contribution in [0.2, 0.25) is 0 Å². The number of amides is 1. The van der Waals surface area contributed by atoms with Crippen LogP contribution in [0.15, 0.2) is 12.4 Å². The maximum absolute atomic E-state index is 12.6. The third-order valence-corrected chi connectivity index (χ3v) is 4.57. The molecule has 0 saturated carbocycles. The zero-order valence-corrected chi connectivity index (χ0v) is 12.9. The molecular formula is C15H24N4O2. The summed E-state index contributed by atoms with van der Waals surface area (Å²) in [5, 5.41) is 4.21. The number of carbonyl (C=O) groups excluding carboxylic acids is 1. The van der Waals surface area contributed by atoms with Crippen molar-refractivity contribution in [3.8, 4) is 0 Å². The zero-order valence-electron chi connectivity index (χ0n) is 12.9. The average molecular weight is 292 g/mol. The van der Waals surface area contributed by atoms with Crippen LogP contribution in [0, 0.1) is 5.92 Å². The van der Waals surface area contributed by atoms with Crippen molar-refractivity contribution in [3.63, 3.8) is 0 Å². The number of carbonyl (C=O) groups is 1. The van der Waals surface area contributed by atoms with Gasteiger partial charge in [0.05, 0.1) is 23.9 Å². The fraction of sp³-hybridized carbons (Fsp3) is 0.733. The Labute approximate surface area is 125 Å². The summed E-state index contributed by atoms with van der Waals surface area (Å²) in [7, 11) is 1.92. The Kier molecular flexibility index (Phi) is 4.14. The molecule has 21 heavy (non-hydrogen) atoms. The molecule has 0 bridgehead atoms. The first kappa shape index (κ1) is 14.4. The van der Waals surface area contributed by atoms with Crippen molar-refractivity contribution in [2.24, 2.45) is 13.0 Å². The summed E-state index contributed by atoms with van der Waals surface area (Å²) in [6.45, 7) is 6.14. The predicted octanol–water partition coefficient (Wildman–Crippen LogP) is 0.884. The van der Waals surface area contributed by atoms with Gasteiger partial charge in [0.2, 0.25) is 5.91 Å². The fourth-order valence-electron chi connectivity index (χ4n) is 3.24. The summed E-state index contributed by atoms with van der Waals surface area (Å²) in [5.74, 6) is 0.316. The quantitative estimate of drug-likeness (QED) is 0.812. The summed E-state index contributed by atoms with van der Waals surface area (Å²) in [6.07, 6.45) is 5.92. The van der Waals surface area contributed by atoms with E-state index in [1.165, 1.54) is 0 Å². The Morgan fingerprint density at radius 1 is 1.33 bits per heavy atom. The van der Waals surface area contributed by atoms with Gasteiger partial charge in [0.25, 0.3) is 0 Å². The largest absolute Gasteiger partial charge is 0.378 e. The normalized spacial score (nSPS) is 27.0. The van der Waals surface area contributed by atoms with Gasteiger partial charge in [0.1, 0.15) is 0 Å². The molecule has 1 aromatic heterocycles. The van der Waals surface area contributed by atoms with E-state index >= 15 is 0 Å². The first-order chi connectivity index (χ1) is 10.1. The molecule has 6 heteroatoms. The monoisotopic (exact) mass is 292 g/mol. The van der Waals surface area contributed by atoms with Crippen LogP contribution in [0.5, 0.6) is 0 Å². The minimum atomic E-state index is 0.0451. The highest BCUT2D eigenvalue weighted by Crippen LogP contribution is 2.24. The molecule has 0 spiro atoms. The molecule has 0 aliphatic carbocycles. The Bertz CT molecular complexity index is 494. The summed E-state index contributed by atoms with van der Waals surface area (Å²) in [4.78, 5) is 16.9. The molecule has 3 heterocycles. The molecule has 1 amide bonds. The molecule has 2 fully saturated rings. The van der Waals surface area contributed by atoms with Crippen molar-refractivity contribution in [2.45, 2.75) is 25.9 Å². The summed E-state index contributed by atoms with van der Waals surface area (Å²) in [5.41, 5.74) is 1.14. The highest BCUT2D eigenvalue weighted by atomic mass is 16.5. The molecule has 2 aliphatic rings. The van der Waals surface area contributed by atoms with E-state index in [1.54, 1.807) is 0 Å². The van der Waals surface area contributed by atoms with Gasteiger partial charge in [-0.25, -0.2) is 0 Å². The van der Waals surface area contributed by atoms with Gasteiger partial charge in [-0.2, -0.15) is 5.10 Å². The number of aromatic nitrogens is 2. The van der Waals surface area contributed by atoms with Crippen LogP contribution in [0.4, 0.5) is 5.69 Å². The maximum atomic E-state index is 12.6. The first-order valence-electron chi connectivity index (χ1n) is 7.79. The van der Waals surface area contributed by atoms with Crippen molar-refractivity contribution in [1.82, 2.24) is 14.7 Å². The second-order valence-electron chi connectivity index (χ2n) is 6.01. The Hall–Kier alpha value is -1.56. The molecular weight excluding hydrogens is 268 g/mol. The SMILES string of the molecule is C[C@H]1OCCC[C@H]1C(=O)N1CCN(c2cnn(C)c2)CC1. The molecule has 2 aliphatic heterocycles. The lowest BCUT2D eigenvalue weighted by molar-refractivity contribution is -0.144. The zero-order chi connectivity index (χ0) is 14.8. The van der Waals surface area contributed by atoms with Crippen LogP contribution >= 0.6 is 0 Å². The number of nitrogens with zero attached hydrogens (tertiary/aromatic N) is 4. The van der Waals surface area contributed by atoms with E-state index in [9.17, 15) is 4.79 Å². The van der Waals surface area contributed by atoms with Crippen molar-refractivity contribution in [1.29, 1.82) is 0 Å². The highest BCUT2D eigenvalue weighted by Gasteiger charge is 2.33. The lowest BCUT2D eigenvalue weighted by atomic mass is 9.93. The van der Waals surface area contributed by atoms with Crippen molar-refractivity contribution in [2.75, 3.05) is 37.7 Å². The van der Waals surface area contributed by atoms with E-state index < -0.39 is 0 Å². The van der Waals surface area contributed by atoms with Gasteiger partial charge in [0, 0.05) is 46.0 Å². The minimum Gasteiger partial charge on any atom is -0.378 e. The number of anilines is 1. The van der Waals surface area contributed by atoms with Crippen LogP contribution < -0.4 is 4.90 Å². The molecule has 0 N–H and O–H groups in total. The van der Waals surface area contributed by atoms with Gasteiger partial charge in [-0.3, -0.25) is 9.48 Å². The van der Waals surface area contributed by atoms with Gasteiger partial charge < -0.3 is 14.5 Å². The number of aryl methyl sites for hydroxylation is 1. The molecule has 2 saturated heterocycles. The van der Waals surface area contributed by atoms with Gasteiger partial charge in [-0.1, -0.05) is 0 Å². The molecule has 3 rings (SSSR count). The van der Waals surface area contributed by atoms with Crippen molar-refractivity contribution >= 4 is 11.6 Å². The lowest BCUT2D eigenvalue weighted by Crippen LogP contribution is -2.52. The molecule has 0 unspecified atom stereocenters. The van der Waals surface area contributed by atoms with Crippen LogP contribution in [-0.4, -0.2) is 59.5 Å². The van der Waals surface area contributed by atoms with Crippen LogP contribution in [-0.2, 0) is 16.6 Å². The first-order valence-corrected chi connectivity index (χ1v) is 7.79. The van der Waals surface area contributed by atoms with E-state index in [4.69, 9.17) is 4.74 Å². The van der Waals surface area contributed by atoms with E-state index in [0.717, 1.165) is 51.3 Å². The van der Waals surface area contributed by atoms with Gasteiger partial charge in [-0.05, 0) is 19.8 Å². The number of hydrogen-bond acceptors (Lipinski definition) is 4. The number of ether oxygens (including phenoxy) is 1. The Morgan fingerprint density at radius 3 is 2.71 bits per heavy atom. The number of hydrogen-bond donors (Lipinski definition) is 0. The smallest absolute Gasteiger partial charge is 0.228 e. The summed E-state index contributed by atoms with van der Waals surface area (Å²) >= 11 is 0. The van der Waals surface area contributed by atoms with Gasteiger partial charge in [0.15, 0.2) is 0 Å². The molecule has 116 valence electrons. The highest BCUT2D eigenvalue weighted by molar-refractivity contribution is 5.79. The molecule has 2 atom stereocenters. The van der Waals surface area contributed by atoms with Crippen LogP contribution in [0.25, 0.3) is 0 Å². The van der Waals surface area contributed by atoms with Crippen molar-refractivity contribution in [3.05, 3.63) is 12.4 Å². The number of rotatable bonds is 2. The Balaban J connectivity index is 1.56. The lowest BCUT2D eigenvalue weighted by Gasteiger charge is -2.38. The van der Waals surface area contributed by atoms with Crippen LogP contribution in [0.3, 0.4) is 0 Å². The van der Waals surface area contributed by atoms with E-state index in [-0.39, 0.29) is 17.9 Å². The average Bonchev–Trinajstić information content (AvgIpc) is 2.94. The standard InChI is InChI=1S/C15H24N4O2/c1-12-14(4-3-9-21-12)15(20)19-7-5-18(6-8-19)13-10-16-17(2)11-13/h10-12,14H,3-9H2,1-2H3/t12-,14-/m1/s1. The second kappa shape index (κ2) is 6.05. The minimum absolute atomic E-state index is 0.0451. The molecule has 6 nitrogen and oxygen atoms in total. The van der Waals surface area contributed by atoms with Gasteiger partial charge >= 0.3 is 0 Å². The van der Waals surface area contributed by atoms with Crippen LogP contribution in [0.1, 0.15) is 19.8 Å². The summed E-state index contributed by atoms with van der Waals surface area (Å²) < 4.78 is 7.44. The third kappa shape index (κ3) is 3.05.